The Hall–Kier alpha value is -1.02. The fraction of sp³-hybridized carbons (Fsp3) is 0.500. The van der Waals surface area contributed by atoms with Gasteiger partial charge in [0.15, 0.2) is 0 Å². The van der Waals surface area contributed by atoms with E-state index in [1.165, 1.54) is 24.0 Å². The zero-order valence-electron chi connectivity index (χ0n) is 8.46. The molecule has 0 saturated heterocycles. The van der Waals surface area contributed by atoms with Crippen molar-refractivity contribution in [2.75, 3.05) is 0 Å². The smallest absolute Gasteiger partial charge is 0.0534 e. The molecule has 0 radical (unpaired) electrons. The molecule has 2 aliphatic carbocycles. The molecule has 0 aromatic rings. The average molecular weight is 188 g/mol. The van der Waals surface area contributed by atoms with Gasteiger partial charge in [-0.2, -0.15) is 0 Å². The normalized spacial score (nSPS) is 39.8. The van der Waals surface area contributed by atoms with E-state index in [2.05, 4.69) is 30.5 Å². The number of nitrogens with two attached hydrogens (primary N) is 1. The molecule has 2 nitrogen and oxygen atoms in total. The molecule has 1 heterocycles. The summed E-state index contributed by atoms with van der Waals surface area (Å²) >= 11 is 0. The van der Waals surface area contributed by atoms with Gasteiger partial charge in [0, 0.05) is 11.7 Å². The first kappa shape index (κ1) is 8.30. The maximum atomic E-state index is 6.20. The van der Waals surface area contributed by atoms with Crippen LogP contribution in [0.1, 0.15) is 19.8 Å². The molecule has 14 heavy (non-hydrogen) atoms. The van der Waals surface area contributed by atoms with Crippen molar-refractivity contribution in [3.8, 4) is 0 Å². The van der Waals surface area contributed by atoms with Gasteiger partial charge in [0.2, 0.25) is 0 Å². The van der Waals surface area contributed by atoms with Crippen LogP contribution in [0.25, 0.3) is 0 Å². The van der Waals surface area contributed by atoms with Crippen LogP contribution in [0.3, 0.4) is 0 Å². The summed E-state index contributed by atoms with van der Waals surface area (Å²) in [5.41, 5.74) is 9.99. The molecule has 2 heteroatoms. The van der Waals surface area contributed by atoms with E-state index < -0.39 is 0 Å². The van der Waals surface area contributed by atoms with Crippen molar-refractivity contribution in [1.29, 1.82) is 0 Å². The number of hydrogen-bond donors (Lipinski definition) is 2. The summed E-state index contributed by atoms with van der Waals surface area (Å²) in [4.78, 5) is 0. The van der Waals surface area contributed by atoms with E-state index in [0.29, 0.717) is 12.1 Å². The van der Waals surface area contributed by atoms with Gasteiger partial charge in [-0.3, -0.25) is 5.32 Å². The second-order valence-corrected chi connectivity index (χ2v) is 4.58. The summed E-state index contributed by atoms with van der Waals surface area (Å²) in [5.74, 6) is 0.735. The van der Waals surface area contributed by atoms with Crippen LogP contribution in [0.15, 0.2) is 35.1 Å². The van der Waals surface area contributed by atoms with Crippen molar-refractivity contribution in [1.82, 2.24) is 5.32 Å². The van der Waals surface area contributed by atoms with Gasteiger partial charge in [0.05, 0.1) is 6.04 Å². The topological polar surface area (TPSA) is 38.0 Å². The van der Waals surface area contributed by atoms with Gasteiger partial charge in [-0.05, 0) is 29.9 Å². The van der Waals surface area contributed by atoms with E-state index >= 15 is 0 Å². The first-order chi connectivity index (χ1) is 6.77. The number of hydrogen-bond acceptors (Lipinski definition) is 2. The summed E-state index contributed by atoms with van der Waals surface area (Å²) < 4.78 is 0. The number of nitrogens with one attached hydrogen (secondary N) is 1. The van der Waals surface area contributed by atoms with E-state index in [-0.39, 0.29) is 0 Å². The molecule has 2 unspecified atom stereocenters. The van der Waals surface area contributed by atoms with E-state index in [1.807, 2.05) is 0 Å². The molecule has 0 amide bonds. The summed E-state index contributed by atoms with van der Waals surface area (Å²) in [7, 11) is 0. The minimum absolute atomic E-state index is 0.379. The Morgan fingerprint density at radius 2 is 2.36 bits per heavy atom. The van der Waals surface area contributed by atoms with E-state index in [4.69, 9.17) is 5.73 Å². The zero-order valence-corrected chi connectivity index (χ0v) is 8.46. The van der Waals surface area contributed by atoms with Crippen LogP contribution in [-0.4, -0.2) is 12.1 Å². The van der Waals surface area contributed by atoms with Crippen molar-refractivity contribution in [2.24, 2.45) is 11.7 Å². The standard InChI is InChI=1S/C12H16N2/c1-7-5-6-9-11(13)8-3-2-4-10(8)14-12(7)9/h2-4,7,10,12,14H,5-6,13H2,1H3/t7-,10?,12?/m1/s1. The summed E-state index contributed by atoms with van der Waals surface area (Å²) in [6.07, 6.45) is 8.89. The van der Waals surface area contributed by atoms with Crippen molar-refractivity contribution in [2.45, 2.75) is 31.8 Å². The van der Waals surface area contributed by atoms with Crippen LogP contribution in [-0.2, 0) is 0 Å². The van der Waals surface area contributed by atoms with Gasteiger partial charge in [-0.25, -0.2) is 0 Å². The molecule has 1 aliphatic heterocycles. The summed E-state index contributed by atoms with van der Waals surface area (Å²) in [6.45, 7) is 2.31. The maximum absolute atomic E-state index is 6.20. The van der Waals surface area contributed by atoms with E-state index in [0.717, 1.165) is 11.6 Å². The van der Waals surface area contributed by atoms with Crippen molar-refractivity contribution in [3.63, 3.8) is 0 Å². The highest BCUT2D eigenvalue weighted by Crippen LogP contribution is 2.38. The highest BCUT2D eigenvalue weighted by molar-refractivity contribution is 5.50. The van der Waals surface area contributed by atoms with Crippen molar-refractivity contribution in [3.05, 3.63) is 35.1 Å². The lowest BCUT2D eigenvalue weighted by Crippen LogP contribution is -2.45. The third kappa shape index (κ3) is 0.947. The molecule has 0 aromatic carbocycles. The van der Waals surface area contributed by atoms with Crippen molar-refractivity contribution < 1.29 is 0 Å². The molecule has 3 atom stereocenters. The Kier molecular flexibility index (Phi) is 1.62. The predicted octanol–water partition coefficient (Wildman–Crippen LogP) is 1.47. The van der Waals surface area contributed by atoms with Gasteiger partial charge in [0.1, 0.15) is 0 Å². The molecule has 3 aliphatic rings. The highest BCUT2D eigenvalue weighted by atomic mass is 15.0. The molecule has 1 saturated carbocycles. The van der Waals surface area contributed by atoms with Gasteiger partial charge in [0.25, 0.3) is 0 Å². The first-order valence-corrected chi connectivity index (χ1v) is 5.40. The molecule has 3 N–H and O–H groups in total. The fourth-order valence-electron chi connectivity index (χ4n) is 2.88. The zero-order chi connectivity index (χ0) is 9.71. The molecular formula is C12H16N2. The van der Waals surface area contributed by atoms with Crippen LogP contribution in [0.4, 0.5) is 0 Å². The Balaban J connectivity index is 2.06. The highest BCUT2D eigenvalue weighted by Gasteiger charge is 2.37. The molecule has 1 fully saturated rings. The Bertz CT molecular complexity index is 363. The Labute approximate surface area is 84.6 Å². The van der Waals surface area contributed by atoms with Gasteiger partial charge < -0.3 is 5.73 Å². The van der Waals surface area contributed by atoms with Gasteiger partial charge in [-0.15, -0.1) is 0 Å². The number of allylic oxidation sites excluding steroid dienone is 2. The van der Waals surface area contributed by atoms with E-state index in [1.54, 1.807) is 0 Å². The predicted molar refractivity (Wildman–Crippen MR) is 57.5 cm³/mol. The lowest BCUT2D eigenvalue weighted by atomic mass is 9.91. The number of rotatable bonds is 0. The van der Waals surface area contributed by atoms with Crippen LogP contribution >= 0.6 is 0 Å². The summed E-state index contributed by atoms with van der Waals surface area (Å²) in [6, 6.07) is 0.907. The molecule has 0 spiro atoms. The van der Waals surface area contributed by atoms with Gasteiger partial charge in [-0.1, -0.05) is 25.2 Å². The Morgan fingerprint density at radius 1 is 1.50 bits per heavy atom. The second-order valence-electron chi connectivity index (χ2n) is 4.58. The van der Waals surface area contributed by atoms with Crippen molar-refractivity contribution >= 4 is 0 Å². The van der Waals surface area contributed by atoms with Crippen LogP contribution in [0, 0.1) is 5.92 Å². The third-order valence-corrected chi connectivity index (χ3v) is 3.74. The average Bonchev–Trinajstić information content (AvgIpc) is 2.75. The third-order valence-electron chi connectivity index (χ3n) is 3.74. The van der Waals surface area contributed by atoms with Gasteiger partial charge >= 0.3 is 0 Å². The lowest BCUT2D eigenvalue weighted by Gasteiger charge is -2.31. The fourth-order valence-corrected chi connectivity index (χ4v) is 2.88. The van der Waals surface area contributed by atoms with Crippen LogP contribution < -0.4 is 11.1 Å². The van der Waals surface area contributed by atoms with Crippen LogP contribution in [0.5, 0.6) is 0 Å². The monoisotopic (exact) mass is 188 g/mol. The first-order valence-electron chi connectivity index (χ1n) is 5.40. The molecule has 74 valence electrons. The largest absolute Gasteiger partial charge is 0.398 e. The van der Waals surface area contributed by atoms with E-state index in [9.17, 15) is 0 Å². The molecule has 0 bridgehead atoms. The number of fused-ring (bicyclic) bond motifs is 2. The SMILES string of the molecule is C[C@@H]1CCC2=C(N)C3=CC=CC3NC21. The minimum Gasteiger partial charge on any atom is -0.398 e. The quantitative estimate of drug-likeness (QED) is 0.604. The lowest BCUT2D eigenvalue weighted by molar-refractivity contribution is 0.438. The minimum atomic E-state index is 0.379. The Morgan fingerprint density at radius 3 is 3.21 bits per heavy atom. The maximum Gasteiger partial charge on any atom is 0.0534 e. The summed E-state index contributed by atoms with van der Waals surface area (Å²) in [5, 5.41) is 3.66. The molecular weight excluding hydrogens is 172 g/mol. The second kappa shape index (κ2) is 2.74. The molecule has 3 rings (SSSR count). The molecule has 0 aromatic heterocycles. The van der Waals surface area contributed by atoms with Crippen LogP contribution in [0.2, 0.25) is 0 Å².